The zero-order valence-electron chi connectivity index (χ0n) is 8.20. The topological polar surface area (TPSA) is 19.9 Å². The zero-order valence-corrected chi connectivity index (χ0v) is 8.20. The van der Waals surface area contributed by atoms with Crippen molar-refractivity contribution in [3.8, 4) is 0 Å². The number of aryl methyl sites for hydroxylation is 1. The maximum atomic E-state index is 10.4. The third-order valence-electron chi connectivity index (χ3n) is 2.38. The summed E-state index contributed by atoms with van der Waals surface area (Å²) in [6.45, 7) is 2.22. The molecule has 1 heteroatoms. The third-order valence-corrected chi connectivity index (χ3v) is 2.38. The summed E-state index contributed by atoms with van der Waals surface area (Å²) in [6.07, 6.45) is 3.04. The van der Waals surface area contributed by atoms with Crippen LogP contribution in [-0.2, 0) is 11.5 Å². The molecule has 0 heterocycles. The minimum absolute atomic E-state index is 0.0654. The van der Waals surface area contributed by atoms with Gasteiger partial charge in [0.25, 0.3) is 0 Å². The molecule has 0 N–H and O–H groups in total. The van der Waals surface area contributed by atoms with Crippen molar-refractivity contribution in [3.63, 3.8) is 0 Å². The highest BCUT2D eigenvalue weighted by Crippen LogP contribution is 2.11. The first-order valence-corrected chi connectivity index (χ1v) is 4.95. The van der Waals surface area contributed by atoms with Gasteiger partial charge in [0.15, 0.2) is 0 Å². The normalized spacial score (nSPS) is 12.8. The molecule has 1 rings (SSSR count). The monoisotopic (exact) mass is 177 g/mol. The van der Waals surface area contributed by atoms with Gasteiger partial charge in [0.05, 0.1) is 6.61 Å². The minimum atomic E-state index is 0.0654. The molecule has 1 radical (unpaired) electrons. The van der Waals surface area contributed by atoms with Crippen LogP contribution < -0.4 is 0 Å². The number of rotatable bonds is 5. The Morgan fingerprint density at radius 1 is 1.15 bits per heavy atom. The standard InChI is InChI=1S/C12H17O/c1-11(9-10-13)7-8-12-5-3-2-4-6-12/h2-6,11H,7-10H2,1H3. The molecule has 1 aromatic rings. The van der Waals surface area contributed by atoms with Crippen molar-refractivity contribution >= 4 is 0 Å². The summed E-state index contributed by atoms with van der Waals surface area (Å²) >= 11 is 0. The summed E-state index contributed by atoms with van der Waals surface area (Å²) in [4.78, 5) is 0. The van der Waals surface area contributed by atoms with Crippen LogP contribution in [0.4, 0.5) is 0 Å². The Bertz CT molecular complexity index is 218. The number of hydrogen-bond donors (Lipinski definition) is 0. The van der Waals surface area contributed by atoms with E-state index in [1.165, 1.54) is 5.56 Å². The van der Waals surface area contributed by atoms with Crippen molar-refractivity contribution < 1.29 is 5.11 Å². The van der Waals surface area contributed by atoms with E-state index in [2.05, 4.69) is 31.2 Å². The van der Waals surface area contributed by atoms with Crippen molar-refractivity contribution in [2.24, 2.45) is 5.92 Å². The Hall–Kier alpha value is -0.820. The van der Waals surface area contributed by atoms with E-state index in [0.29, 0.717) is 5.92 Å². The highest BCUT2D eigenvalue weighted by atomic mass is 16.2. The van der Waals surface area contributed by atoms with Crippen molar-refractivity contribution in [2.75, 3.05) is 6.61 Å². The van der Waals surface area contributed by atoms with Crippen LogP contribution in [-0.4, -0.2) is 6.61 Å². The molecule has 0 spiro atoms. The summed E-state index contributed by atoms with van der Waals surface area (Å²) in [7, 11) is 0. The van der Waals surface area contributed by atoms with Crippen LogP contribution in [0.1, 0.15) is 25.3 Å². The van der Waals surface area contributed by atoms with E-state index >= 15 is 0 Å². The quantitative estimate of drug-likeness (QED) is 0.658. The van der Waals surface area contributed by atoms with Crippen LogP contribution in [0.2, 0.25) is 0 Å². The van der Waals surface area contributed by atoms with E-state index in [1.54, 1.807) is 0 Å². The van der Waals surface area contributed by atoms with E-state index in [4.69, 9.17) is 0 Å². The second-order valence-electron chi connectivity index (χ2n) is 3.62. The molecule has 71 valence electrons. The summed E-state index contributed by atoms with van der Waals surface area (Å²) in [5.74, 6) is 0.567. The Morgan fingerprint density at radius 3 is 2.46 bits per heavy atom. The predicted octanol–water partition coefficient (Wildman–Crippen LogP) is 3.08. The fraction of sp³-hybridized carbons (Fsp3) is 0.500. The van der Waals surface area contributed by atoms with Crippen LogP contribution in [0, 0.1) is 5.92 Å². The molecule has 13 heavy (non-hydrogen) atoms. The molecule has 0 aliphatic rings. The lowest BCUT2D eigenvalue weighted by atomic mass is 9.99. The summed E-state index contributed by atoms with van der Waals surface area (Å²) < 4.78 is 0. The summed E-state index contributed by atoms with van der Waals surface area (Å²) in [5.41, 5.74) is 1.38. The van der Waals surface area contributed by atoms with Gasteiger partial charge in [-0.3, -0.25) is 0 Å². The highest BCUT2D eigenvalue weighted by molar-refractivity contribution is 5.14. The first-order chi connectivity index (χ1) is 6.33. The van der Waals surface area contributed by atoms with Crippen LogP contribution in [0.25, 0.3) is 0 Å². The van der Waals surface area contributed by atoms with E-state index < -0.39 is 0 Å². The average Bonchev–Trinajstić information content (AvgIpc) is 2.17. The van der Waals surface area contributed by atoms with Gasteiger partial charge in [-0.05, 0) is 30.7 Å². The second kappa shape index (κ2) is 5.76. The van der Waals surface area contributed by atoms with Gasteiger partial charge in [0, 0.05) is 0 Å². The Balaban J connectivity index is 2.27. The predicted molar refractivity (Wildman–Crippen MR) is 54.1 cm³/mol. The largest absolute Gasteiger partial charge is 0.237 e. The minimum Gasteiger partial charge on any atom is -0.237 e. The maximum Gasteiger partial charge on any atom is 0.0824 e. The highest BCUT2D eigenvalue weighted by Gasteiger charge is 2.01. The molecular formula is C12H17O. The molecule has 1 unspecified atom stereocenters. The van der Waals surface area contributed by atoms with Crippen molar-refractivity contribution in [1.29, 1.82) is 0 Å². The smallest absolute Gasteiger partial charge is 0.0824 e. The molecule has 0 amide bonds. The number of hydrogen-bond acceptors (Lipinski definition) is 0. The molecule has 0 fully saturated rings. The van der Waals surface area contributed by atoms with Crippen molar-refractivity contribution in [1.82, 2.24) is 0 Å². The van der Waals surface area contributed by atoms with Gasteiger partial charge in [0.2, 0.25) is 0 Å². The lowest BCUT2D eigenvalue weighted by molar-refractivity contribution is 0.171. The van der Waals surface area contributed by atoms with Gasteiger partial charge in [-0.2, -0.15) is 0 Å². The Labute approximate surface area is 80.4 Å². The van der Waals surface area contributed by atoms with Crippen molar-refractivity contribution in [3.05, 3.63) is 35.9 Å². The van der Waals surface area contributed by atoms with E-state index in [1.807, 2.05) is 6.07 Å². The SMILES string of the molecule is CC(CC[O])CCc1ccccc1. The Kier molecular flexibility index (Phi) is 4.55. The molecule has 0 aromatic heterocycles. The lowest BCUT2D eigenvalue weighted by Gasteiger charge is -2.08. The zero-order chi connectivity index (χ0) is 9.52. The number of benzene rings is 1. The first kappa shape index (κ1) is 10.3. The van der Waals surface area contributed by atoms with E-state index in [9.17, 15) is 5.11 Å². The molecule has 0 saturated heterocycles. The van der Waals surface area contributed by atoms with E-state index in [-0.39, 0.29) is 6.61 Å². The van der Waals surface area contributed by atoms with Gasteiger partial charge in [-0.25, -0.2) is 5.11 Å². The maximum absolute atomic E-state index is 10.4. The average molecular weight is 177 g/mol. The van der Waals surface area contributed by atoms with Gasteiger partial charge < -0.3 is 0 Å². The Morgan fingerprint density at radius 2 is 1.85 bits per heavy atom. The van der Waals surface area contributed by atoms with E-state index in [0.717, 1.165) is 19.3 Å². The molecule has 1 aromatic carbocycles. The van der Waals surface area contributed by atoms with Gasteiger partial charge >= 0.3 is 0 Å². The van der Waals surface area contributed by atoms with Crippen LogP contribution in [0.15, 0.2) is 30.3 Å². The molecule has 0 aliphatic heterocycles. The molecule has 0 aliphatic carbocycles. The van der Waals surface area contributed by atoms with Gasteiger partial charge in [-0.15, -0.1) is 0 Å². The van der Waals surface area contributed by atoms with Crippen molar-refractivity contribution in [2.45, 2.75) is 26.2 Å². The lowest BCUT2D eigenvalue weighted by Crippen LogP contribution is -1.99. The molecular weight excluding hydrogens is 160 g/mol. The second-order valence-corrected chi connectivity index (χ2v) is 3.62. The first-order valence-electron chi connectivity index (χ1n) is 4.95. The fourth-order valence-corrected chi connectivity index (χ4v) is 1.40. The van der Waals surface area contributed by atoms with Gasteiger partial charge in [-0.1, -0.05) is 37.3 Å². The third kappa shape index (κ3) is 4.09. The molecule has 1 nitrogen and oxygen atoms in total. The van der Waals surface area contributed by atoms with Crippen LogP contribution in [0.5, 0.6) is 0 Å². The van der Waals surface area contributed by atoms with Crippen LogP contribution >= 0.6 is 0 Å². The molecule has 0 saturated carbocycles. The van der Waals surface area contributed by atoms with Crippen LogP contribution in [0.3, 0.4) is 0 Å². The molecule has 0 bridgehead atoms. The molecule has 1 atom stereocenters. The summed E-state index contributed by atoms with van der Waals surface area (Å²) in [5, 5.41) is 10.4. The van der Waals surface area contributed by atoms with Gasteiger partial charge in [0.1, 0.15) is 0 Å². The summed E-state index contributed by atoms with van der Waals surface area (Å²) in [6, 6.07) is 10.4. The fourth-order valence-electron chi connectivity index (χ4n) is 1.40.